The molecule has 2 aromatic rings. The lowest BCUT2D eigenvalue weighted by Crippen LogP contribution is -2.15. The van der Waals surface area contributed by atoms with E-state index in [1.165, 1.54) is 0 Å². The number of hydrogen-bond donors (Lipinski definition) is 2. The van der Waals surface area contributed by atoms with E-state index in [9.17, 15) is 4.79 Å². The van der Waals surface area contributed by atoms with E-state index in [4.69, 9.17) is 0 Å². The number of nitrogens with zero attached hydrogens (tertiary/aromatic N) is 1. The van der Waals surface area contributed by atoms with E-state index >= 15 is 0 Å². The summed E-state index contributed by atoms with van der Waals surface area (Å²) in [7, 11) is 0. The van der Waals surface area contributed by atoms with Crippen molar-refractivity contribution in [2.24, 2.45) is 0 Å². The van der Waals surface area contributed by atoms with Crippen LogP contribution in [-0.2, 0) is 0 Å². The minimum absolute atomic E-state index is 0.148. The van der Waals surface area contributed by atoms with E-state index in [1.807, 2.05) is 37.3 Å². The summed E-state index contributed by atoms with van der Waals surface area (Å²) in [6, 6.07) is 11.6. The summed E-state index contributed by atoms with van der Waals surface area (Å²) in [5.41, 5.74) is 2.71. The van der Waals surface area contributed by atoms with Crippen molar-refractivity contribution in [2.45, 2.75) is 33.2 Å². The molecule has 1 aromatic heterocycles. The molecule has 2 rings (SSSR count). The van der Waals surface area contributed by atoms with E-state index in [2.05, 4.69) is 29.5 Å². The van der Waals surface area contributed by atoms with Crippen LogP contribution in [0.4, 0.5) is 11.5 Å². The topological polar surface area (TPSA) is 54.0 Å². The first-order valence-electron chi connectivity index (χ1n) is 7.19. The summed E-state index contributed by atoms with van der Waals surface area (Å²) in [5.74, 6) is 0.403. The summed E-state index contributed by atoms with van der Waals surface area (Å²) in [6.45, 7) is 6.24. The molecule has 4 nitrogen and oxygen atoms in total. The molecule has 1 amide bonds. The molecule has 0 aliphatic rings. The molecule has 110 valence electrons. The Morgan fingerprint density at radius 2 is 1.90 bits per heavy atom. The van der Waals surface area contributed by atoms with Gasteiger partial charge in [-0.1, -0.05) is 24.6 Å². The number of amides is 1. The van der Waals surface area contributed by atoms with Crippen LogP contribution in [0.5, 0.6) is 0 Å². The molecule has 1 unspecified atom stereocenters. The zero-order valence-corrected chi connectivity index (χ0v) is 12.7. The molecule has 1 aromatic carbocycles. The molecule has 1 heterocycles. The summed E-state index contributed by atoms with van der Waals surface area (Å²) < 4.78 is 0. The van der Waals surface area contributed by atoms with Crippen LogP contribution in [0.2, 0.25) is 0 Å². The third-order valence-electron chi connectivity index (χ3n) is 3.34. The highest BCUT2D eigenvalue weighted by atomic mass is 16.1. The molecule has 0 aliphatic carbocycles. The zero-order chi connectivity index (χ0) is 15.2. The first-order chi connectivity index (χ1) is 10.1. The molecule has 2 N–H and O–H groups in total. The van der Waals surface area contributed by atoms with Gasteiger partial charge in [-0.15, -0.1) is 0 Å². The Morgan fingerprint density at radius 3 is 2.48 bits per heavy atom. The molecule has 21 heavy (non-hydrogen) atoms. The van der Waals surface area contributed by atoms with E-state index in [-0.39, 0.29) is 5.91 Å². The van der Waals surface area contributed by atoms with Gasteiger partial charge in [-0.25, -0.2) is 4.98 Å². The quantitative estimate of drug-likeness (QED) is 0.876. The molecule has 0 saturated heterocycles. The molecule has 0 aliphatic heterocycles. The molecule has 0 radical (unpaired) electrons. The molecule has 0 spiro atoms. The van der Waals surface area contributed by atoms with Gasteiger partial charge in [0.1, 0.15) is 5.82 Å². The average Bonchev–Trinajstić information content (AvgIpc) is 2.49. The van der Waals surface area contributed by atoms with E-state index in [0.717, 1.165) is 17.7 Å². The summed E-state index contributed by atoms with van der Waals surface area (Å²) >= 11 is 0. The largest absolute Gasteiger partial charge is 0.381 e. The molecule has 0 bridgehead atoms. The van der Waals surface area contributed by atoms with Gasteiger partial charge in [0.2, 0.25) is 0 Å². The van der Waals surface area contributed by atoms with Crippen molar-refractivity contribution in [3.63, 3.8) is 0 Å². The second-order valence-corrected chi connectivity index (χ2v) is 5.21. The third-order valence-corrected chi connectivity index (χ3v) is 3.34. The maximum absolute atomic E-state index is 12.1. The first-order valence-corrected chi connectivity index (χ1v) is 7.19. The predicted octanol–water partition coefficient (Wildman–Crippen LogP) is 3.85. The van der Waals surface area contributed by atoms with Gasteiger partial charge in [0.05, 0.1) is 11.9 Å². The predicted molar refractivity (Wildman–Crippen MR) is 86.7 cm³/mol. The van der Waals surface area contributed by atoms with Crippen molar-refractivity contribution in [1.29, 1.82) is 0 Å². The van der Waals surface area contributed by atoms with Crippen LogP contribution in [0.15, 0.2) is 42.6 Å². The number of hydrogen-bond acceptors (Lipinski definition) is 3. The number of benzene rings is 1. The highest BCUT2D eigenvalue weighted by Crippen LogP contribution is 2.13. The number of anilines is 2. The second kappa shape index (κ2) is 6.88. The number of aromatic nitrogens is 1. The van der Waals surface area contributed by atoms with Crippen LogP contribution in [0, 0.1) is 6.92 Å². The molecular weight excluding hydrogens is 262 g/mol. The fourth-order valence-corrected chi connectivity index (χ4v) is 1.83. The fraction of sp³-hybridized carbons (Fsp3) is 0.294. The minimum atomic E-state index is -0.148. The smallest absolute Gasteiger partial charge is 0.256 e. The van der Waals surface area contributed by atoms with E-state index < -0.39 is 0 Å². The highest BCUT2D eigenvalue weighted by molar-refractivity contribution is 6.03. The van der Waals surface area contributed by atoms with Crippen LogP contribution in [0.25, 0.3) is 0 Å². The Balaban J connectivity index is 1.99. The van der Waals surface area contributed by atoms with Gasteiger partial charge in [-0.3, -0.25) is 4.79 Å². The number of pyridine rings is 1. The van der Waals surface area contributed by atoms with Crippen LogP contribution in [0.1, 0.15) is 36.2 Å². The van der Waals surface area contributed by atoms with Crippen molar-refractivity contribution >= 4 is 17.4 Å². The van der Waals surface area contributed by atoms with Gasteiger partial charge in [0, 0.05) is 11.6 Å². The Kier molecular flexibility index (Phi) is 4.93. The Labute approximate surface area is 125 Å². The maximum atomic E-state index is 12.1. The standard InChI is InChI=1S/C17H21N3O/c1-4-13(3)19-15-9-10-16(18-11-15)20-17(21)14-7-5-12(2)6-8-14/h5-11,13,19H,4H2,1-3H3,(H,18,20,21). The molecule has 0 fully saturated rings. The summed E-state index contributed by atoms with van der Waals surface area (Å²) in [5, 5.41) is 6.13. The van der Waals surface area contributed by atoms with E-state index in [0.29, 0.717) is 17.4 Å². The number of carbonyl (C=O) groups excluding carboxylic acids is 1. The van der Waals surface area contributed by atoms with Crippen molar-refractivity contribution < 1.29 is 4.79 Å². The lowest BCUT2D eigenvalue weighted by atomic mass is 10.1. The lowest BCUT2D eigenvalue weighted by molar-refractivity contribution is 0.102. The Hall–Kier alpha value is -2.36. The molecule has 4 heteroatoms. The van der Waals surface area contributed by atoms with Crippen LogP contribution >= 0.6 is 0 Å². The SMILES string of the molecule is CCC(C)Nc1ccc(NC(=O)c2ccc(C)cc2)nc1. The number of nitrogens with one attached hydrogen (secondary N) is 2. The second-order valence-electron chi connectivity index (χ2n) is 5.21. The van der Waals surface area contributed by atoms with Crippen molar-refractivity contribution in [3.8, 4) is 0 Å². The summed E-state index contributed by atoms with van der Waals surface area (Å²) in [6.07, 6.45) is 2.78. The highest BCUT2D eigenvalue weighted by Gasteiger charge is 2.06. The van der Waals surface area contributed by atoms with Crippen LogP contribution < -0.4 is 10.6 Å². The van der Waals surface area contributed by atoms with Gasteiger partial charge >= 0.3 is 0 Å². The average molecular weight is 283 g/mol. The fourth-order valence-electron chi connectivity index (χ4n) is 1.83. The van der Waals surface area contributed by atoms with Gasteiger partial charge in [0.25, 0.3) is 5.91 Å². The van der Waals surface area contributed by atoms with Crippen molar-refractivity contribution in [2.75, 3.05) is 10.6 Å². The normalized spacial score (nSPS) is 11.8. The summed E-state index contributed by atoms with van der Waals surface area (Å²) in [4.78, 5) is 16.3. The van der Waals surface area contributed by atoms with Crippen LogP contribution in [0.3, 0.4) is 0 Å². The monoisotopic (exact) mass is 283 g/mol. The Bertz CT molecular complexity index is 590. The minimum Gasteiger partial charge on any atom is -0.381 e. The molecule has 1 atom stereocenters. The zero-order valence-electron chi connectivity index (χ0n) is 12.7. The number of aryl methyl sites for hydroxylation is 1. The molecule has 0 saturated carbocycles. The third kappa shape index (κ3) is 4.31. The maximum Gasteiger partial charge on any atom is 0.256 e. The number of carbonyl (C=O) groups is 1. The van der Waals surface area contributed by atoms with Crippen LogP contribution in [-0.4, -0.2) is 16.9 Å². The van der Waals surface area contributed by atoms with Crippen molar-refractivity contribution in [1.82, 2.24) is 4.98 Å². The number of rotatable bonds is 5. The molecular formula is C17H21N3O. The first kappa shape index (κ1) is 15.0. The van der Waals surface area contributed by atoms with Gasteiger partial charge in [0.15, 0.2) is 0 Å². The Morgan fingerprint density at radius 1 is 1.19 bits per heavy atom. The lowest BCUT2D eigenvalue weighted by Gasteiger charge is -2.13. The van der Waals surface area contributed by atoms with Gasteiger partial charge in [-0.05, 0) is 44.5 Å². The van der Waals surface area contributed by atoms with E-state index in [1.54, 1.807) is 12.3 Å². The van der Waals surface area contributed by atoms with Gasteiger partial charge < -0.3 is 10.6 Å². The van der Waals surface area contributed by atoms with Crippen molar-refractivity contribution in [3.05, 3.63) is 53.7 Å². The van der Waals surface area contributed by atoms with Gasteiger partial charge in [-0.2, -0.15) is 0 Å².